The minimum absolute atomic E-state index is 0.514. The van der Waals surface area contributed by atoms with Gasteiger partial charge in [-0.25, -0.2) is 9.97 Å². The molecule has 0 bridgehead atoms. The Labute approximate surface area is 105 Å². The molecule has 3 nitrogen and oxygen atoms in total. The van der Waals surface area contributed by atoms with E-state index in [0.717, 1.165) is 19.0 Å². The maximum Gasteiger partial charge on any atom is 0.225 e. The highest BCUT2D eigenvalue weighted by atomic mass is 15.2. The Balaban J connectivity index is 0.000000686. The number of hydrogen-bond acceptors (Lipinski definition) is 3. The van der Waals surface area contributed by atoms with Crippen molar-refractivity contribution in [3.05, 3.63) is 18.0 Å². The Morgan fingerprint density at radius 1 is 1.00 bits per heavy atom. The molecule has 1 aliphatic heterocycles. The van der Waals surface area contributed by atoms with Crippen molar-refractivity contribution in [3.63, 3.8) is 0 Å². The van der Waals surface area contributed by atoms with Crippen LogP contribution in [0.4, 0.5) is 5.95 Å². The summed E-state index contributed by atoms with van der Waals surface area (Å²) in [6, 6.07) is 0. The second kappa shape index (κ2) is 7.25. The minimum Gasteiger partial charge on any atom is -0.341 e. The third kappa shape index (κ3) is 3.99. The predicted molar refractivity (Wildman–Crippen MR) is 73.5 cm³/mol. The molecule has 1 aliphatic rings. The summed E-state index contributed by atoms with van der Waals surface area (Å²) >= 11 is 0. The lowest BCUT2D eigenvalue weighted by atomic mass is 10.1. The van der Waals surface area contributed by atoms with Gasteiger partial charge in [0.1, 0.15) is 0 Å². The van der Waals surface area contributed by atoms with Gasteiger partial charge in [-0.2, -0.15) is 0 Å². The highest BCUT2D eigenvalue weighted by Crippen LogP contribution is 2.17. The Morgan fingerprint density at radius 3 is 2.00 bits per heavy atom. The van der Waals surface area contributed by atoms with E-state index in [9.17, 15) is 0 Å². The van der Waals surface area contributed by atoms with Crippen LogP contribution < -0.4 is 4.90 Å². The van der Waals surface area contributed by atoms with E-state index in [4.69, 9.17) is 0 Å². The Bertz CT molecular complexity index is 300. The predicted octanol–water partition coefficient (Wildman–Crippen LogP) is 3.62. The third-order valence-electron chi connectivity index (χ3n) is 2.96. The Kier molecular flexibility index (Phi) is 5.95. The van der Waals surface area contributed by atoms with Gasteiger partial charge in [0, 0.05) is 25.5 Å². The van der Waals surface area contributed by atoms with Crippen molar-refractivity contribution in [1.29, 1.82) is 0 Å². The lowest BCUT2D eigenvalue weighted by Gasteiger charge is -2.26. The van der Waals surface area contributed by atoms with Gasteiger partial charge in [-0.3, -0.25) is 0 Å². The minimum atomic E-state index is 0.514. The summed E-state index contributed by atoms with van der Waals surface area (Å²) in [6.45, 7) is 10.6. The van der Waals surface area contributed by atoms with E-state index < -0.39 is 0 Å². The van der Waals surface area contributed by atoms with Crippen LogP contribution in [-0.4, -0.2) is 23.1 Å². The number of rotatable bonds is 2. The van der Waals surface area contributed by atoms with E-state index in [-0.39, 0.29) is 0 Å². The molecule has 0 spiro atoms. The molecule has 2 heterocycles. The van der Waals surface area contributed by atoms with E-state index in [1.54, 1.807) is 0 Å². The fourth-order valence-corrected chi connectivity index (χ4v) is 1.89. The molecule has 0 N–H and O–H groups in total. The number of nitrogens with zero attached hydrogens (tertiary/aromatic N) is 3. The number of anilines is 1. The lowest BCUT2D eigenvalue weighted by Crippen LogP contribution is -2.30. The molecule has 0 amide bonds. The van der Waals surface area contributed by atoms with E-state index in [0.29, 0.717) is 5.92 Å². The van der Waals surface area contributed by atoms with Crippen LogP contribution in [0.3, 0.4) is 0 Å². The van der Waals surface area contributed by atoms with Gasteiger partial charge in [-0.05, 0) is 30.7 Å². The number of piperidine rings is 1. The molecular weight excluding hydrogens is 210 g/mol. The van der Waals surface area contributed by atoms with Crippen molar-refractivity contribution in [3.8, 4) is 0 Å². The molecule has 1 aromatic rings. The van der Waals surface area contributed by atoms with Crippen molar-refractivity contribution in [2.75, 3.05) is 18.0 Å². The van der Waals surface area contributed by atoms with E-state index in [1.807, 2.05) is 26.2 Å². The lowest BCUT2D eigenvalue weighted by molar-refractivity contribution is 0.567. The molecule has 1 saturated heterocycles. The summed E-state index contributed by atoms with van der Waals surface area (Å²) in [5.74, 6) is 1.42. The highest BCUT2D eigenvalue weighted by molar-refractivity contribution is 5.30. The molecule has 0 atom stereocenters. The van der Waals surface area contributed by atoms with Crippen LogP contribution in [-0.2, 0) is 0 Å². The zero-order valence-electron chi connectivity index (χ0n) is 11.6. The zero-order valence-corrected chi connectivity index (χ0v) is 11.6. The molecule has 0 aliphatic carbocycles. The second-order valence-corrected chi connectivity index (χ2v) is 4.52. The standard InChI is InChI=1S/C12H19N3.C2H6/c1-10(2)11-8-13-12(14-9-11)15-6-4-3-5-7-15;1-2/h8-10H,3-7H2,1-2H3;1-2H3. The molecule has 3 heteroatoms. The van der Waals surface area contributed by atoms with Gasteiger partial charge in [0.05, 0.1) is 0 Å². The Hall–Kier alpha value is -1.12. The van der Waals surface area contributed by atoms with Gasteiger partial charge in [-0.15, -0.1) is 0 Å². The van der Waals surface area contributed by atoms with Crippen LogP contribution in [0.1, 0.15) is 58.4 Å². The average molecular weight is 235 g/mol. The maximum absolute atomic E-state index is 4.44. The van der Waals surface area contributed by atoms with Gasteiger partial charge >= 0.3 is 0 Å². The molecule has 96 valence electrons. The summed E-state index contributed by atoms with van der Waals surface area (Å²) in [5.41, 5.74) is 1.22. The van der Waals surface area contributed by atoms with E-state index in [2.05, 4.69) is 28.7 Å². The van der Waals surface area contributed by atoms with Crippen LogP contribution in [0.15, 0.2) is 12.4 Å². The van der Waals surface area contributed by atoms with Crippen LogP contribution in [0.2, 0.25) is 0 Å². The zero-order chi connectivity index (χ0) is 12.7. The quantitative estimate of drug-likeness (QED) is 0.784. The summed E-state index contributed by atoms with van der Waals surface area (Å²) in [4.78, 5) is 11.2. The maximum atomic E-state index is 4.44. The Morgan fingerprint density at radius 2 is 1.53 bits per heavy atom. The second-order valence-electron chi connectivity index (χ2n) is 4.52. The smallest absolute Gasteiger partial charge is 0.225 e. The molecule has 2 rings (SSSR count). The van der Waals surface area contributed by atoms with Crippen LogP contribution >= 0.6 is 0 Å². The molecule has 0 saturated carbocycles. The molecule has 1 aromatic heterocycles. The fraction of sp³-hybridized carbons (Fsp3) is 0.714. The summed E-state index contributed by atoms with van der Waals surface area (Å²) < 4.78 is 0. The van der Waals surface area contributed by atoms with Crippen LogP contribution in [0.5, 0.6) is 0 Å². The molecule has 1 fully saturated rings. The fourth-order valence-electron chi connectivity index (χ4n) is 1.89. The van der Waals surface area contributed by atoms with Gasteiger partial charge < -0.3 is 4.90 Å². The largest absolute Gasteiger partial charge is 0.341 e. The SMILES string of the molecule is CC.CC(C)c1cnc(N2CCCCC2)nc1. The van der Waals surface area contributed by atoms with Crippen LogP contribution in [0, 0.1) is 0 Å². The van der Waals surface area contributed by atoms with Gasteiger partial charge in [0.15, 0.2) is 0 Å². The van der Waals surface area contributed by atoms with E-state index >= 15 is 0 Å². The summed E-state index contributed by atoms with van der Waals surface area (Å²) in [6.07, 6.45) is 7.81. The first-order chi connectivity index (χ1) is 8.27. The van der Waals surface area contributed by atoms with Crippen LogP contribution in [0.25, 0.3) is 0 Å². The first-order valence-electron chi connectivity index (χ1n) is 6.84. The monoisotopic (exact) mass is 235 g/mol. The van der Waals surface area contributed by atoms with Gasteiger partial charge in [0.25, 0.3) is 0 Å². The molecule has 0 aromatic carbocycles. The number of aromatic nitrogens is 2. The van der Waals surface area contributed by atoms with Crippen molar-refractivity contribution >= 4 is 5.95 Å². The molecule has 17 heavy (non-hydrogen) atoms. The average Bonchev–Trinajstić information content (AvgIpc) is 2.42. The number of hydrogen-bond donors (Lipinski definition) is 0. The van der Waals surface area contributed by atoms with Crippen molar-refractivity contribution in [2.45, 2.75) is 52.9 Å². The van der Waals surface area contributed by atoms with Crippen molar-refractivity contribution < 1.29 is 0 Å². The van der Waals surface area contributed by atoms with Gasteiger partial charge in [-0.1, -0.05) is 27.7 Å². The van der Waals surface area contributed by atoms with Crippen molar-refractivity contribution in [2.24, 2.45) is 0 Å². The molecule has 0 unspecified atom stereocenters. The first-order valence-corrected chi connectivity index (χ1v) is 6.84. The third-order valence-corrected chi connectivity index (χ3v) is 2.96. The van der Waals surface area contributed by atoms with E-state index in [1.165, 1.54) is 24.8 Å². The highest BCUT2D eigenvalue weighted by Gasteiger charge is 2.13. The normalized spacial score (nSPS) is 15.5. The summed E-state index contributed by atoms with van der Waals surface area (Å²) in [5, 5.41) is 0. The van der Waals surface area contributed by atoms with Crippen molar-refractivity contribution in [1.82, 2.24) is 9.97 Å². The molecular formula is C14H25N3. The first kappa shape index (κ1) is 13.9. The summed E-state index contributed by atoms with van der Waals surface area (Å²) in [7, 11) is 0. The molecule has 0 radical (unpaired) electrons. The van der Waals surface area contributed by atoms with Gasteiger partial charge in [0.2, 0.25) is 5.95 Å². The topological polar surface area (TPSA) is 29.0 Å².